The lowest BCUT2D eigenvalue weighted by molar-refractivity contribution is 0.340. The van der Waals surface area contributed by atoms with E-state index in [0.717, 1.165) is 27.2 Å². The van der Waals surface area contributed by atoms with E-state index in [2.05, 4.69) is 33.7 Å². The van der Waals surface area contributed by atoms with Crippen LogP contribution >= 0.6 is 11.3 Å². The summed E-state index contributed by atoms with van der Waals surface area (Å²) in [7, 11) is 0. The highest BCUT2D eigenvalue weighted by molar-refractivity contribution is 7.13. The molecule has 0 aliphatic carbocycles. The molecule has 1 aromatic heterocycles. The number of nitrogens with one attached hydrogen (secondary N) is 1. The van der Waals surface area contributed by atoms with Gasteiger partial charge in [0.05, 0.1) is 12.8 Å². The second kappa shape index (κ2) is 6.37. The fourth-order valence-corrected chi connectivity index (χ4v) is 2.60. The minimum atomic E-state index is 0.624. The molecule has 1 heterocycles. The summed E-state index contributed by atoms with van der Waals surface area (Å²) in [6.45, 7) is 2.60. The van der Waals surface area contributed by atoms with Crippen molar-refractivity contribution in [2.45, 2.75) is 6.92 Å². The molecule has 0 aliphatic rings. The van der Waals surface area contributed by atoms with Gasteiger partial charge in [0.2, 0.25) is 5.13 Å². The maximum atomic E-state index is 5.70. The molecule has 0 fully saturated rings. The Kier molecular flexibility index (Phi) is 4.12. The number of ether oxygens (including phenoxy) is 1. The van der Waals surface area contributed by atoms with Crippen molar-refractivity contribution < 1.29 is 4.74 Å². The number of nitrogens with zero attached hydrogens (tertiary/aromatic N) is 2. The van der Waals surface area contributed by atoms with Crippen LogP contribution in [0.1, 0.15) is 12.5 Å². The number of aromatic nitrogens is 1. The lowest BCUT2D eigenvalue weighted by Crippen LogP contribution is -1.98. The zero-order valence-corrected chi connectivity index (χ0v) is 12.4. The Hall–Kier alpha value is -2.40. The van der Waals surface area contributed by atoms with E-state index in [4.69, 9.17) is 4.74 Å². The molecule has 0 unspecified atom stereocenters. The van der Waals surface area contributed by atoms with Gasteiger partial charge in [0.1, 0.15) is 5.75 Å². The monoisotopic (exact) mass is 297 g/mol. The quantitative estimate of drug-likeness (QED) is 0.568. The van der Waals surface area contributed by atoms with E-state index >= 15 is 0 Å². The summed E-state index contributed by atoms with van der Waals surface area (Å²) >= 11 is 1.51. The van der Waals surface area contributed by atoms with Crippen molar-refractivity contribution >= 4 is 33.5 Å². The molecule has 3 aromatic rings. The predicted molar refractivity (Wildman–Crippen MR) is 88.4 cm³/mol. The third kappa shape index (κ3) is 3.03. The molecular formula is C16H15N3OS. The number of hydrogen-bond donors (Lipinski definition) is 1. The molecule has 21 heavy (non-hydrogen) atoms. The van der Waals surface area contributed by atoms with Gasteiger partial charge in [0, 0.05) is 17.1 Å². The van der Waals surface area contributed by atoms with Crippen LogP contribution < -0.4 is 10.2 Å². The zero-order valence-electron chi connectivity index (χ0n) is 11.6. The number of hydrogen-bond acceptors (Lipinski definition) is 5. The van der Waals surface area contributed by atoms with Crippen LogP contribution in [0.4, 0.5) is 5.13 Å². The smallest absolute Gasteiger partial charge is 0.203 e. The predicted octanol–water partition coefficient (Wildman–Crippen LogP) is 4.14. The first kappa shape index (κ1) is 13.6. The third-order valence-corrected chi connectivity index (χ3v) is 3.69. The molecule has 1 N–H and O–H groups in total. The van der Waals surface area contributed by atoms with Gasteiger partial charge in [-0.15, -0.1) is 11.3 Å². The number of rotatable bonds is 5. The molecule has 0 aliphatic heterocycles. The molecule has 0 saturated heterocycles. The molecule has 4 nitrogen and oxygen atoms in total. The highest BCUT2D eigenvalue weighted by Gasteiger charge is 2.06. The Labute approximate surface area is 127 Å². The molecule has 5 heteroatoms. The van der Waals surface area contributed by atoms with Gasteiger partial charge < -0.3 is 4.74 Å². The number of thiazole rings is 1. The summed E-state index contributed by atoms with van der Waals surface area (Å²) in [6.07, 6.45) is 3.53. The number of hydrazone groups is 1. The number of fused-ring (bicyclic) bond motifs is 1. The molecule has 0 saturated carbocycles. The van der Waals surface area contributed by atoms with Crippen molar-refractivity contribution in [3.05, 3.63) is 53.5 Å². The van der Waals surface area contributed by atoms with Crippen molar-refractivity contribution in [1.29, 1.82) is 0 Å². The molecule has 0 bridgehead atoms. The van der Waals surface area contributed by atoms with Gasteiger partial charge in [-0.1, -0.05) is 30.3 Å². The zero-order chi connectivity index (χ0) is 14.5. The van der Waals surface area contributed by atoms with Gasteiger partial charge in [-0.3, -0.25) is 5.43 Å². The molecule has 0 spiro atoms. The van der Waals surface area contributed by atoms with Crippen molar-refractivity contribution in [1.82, 2.24) is 4.98 Å². The van der Waals surface area contributed by atoms with E-state index < -0.39 is 0 Å². The van der Waals surface area contributed by atoms with Crippen LogP contribution in [0.25, 0.3) is 10.8 Å². The summed E-state index contributed by atoms with van der Waals surface area (Å²) in [5.74, 6) is 0.834. The van der Waals surface area contributed by atoms with Crippen LogP contribution in [-0.4, -0.2) is 17.8 Å². The van der Waals surface area contributed by atoms with Gasteiger partial charge in [-0.2, -0.15) is 5.10 Å². The summed E-state index contributed by atoms with van der Waals surface area (Å²) < 4.78 is 5.70. The minimum absolute atomic E-state index is 0.624. The van der Waals surface area contributed by atoms with Crippen molar-refractivity contribution in [3.8, 4) is 5.75 Å². The van der Waals surface area contributed by atoms with E-state index in [-0.39, 0.29) is 0 Å². The van der Waals surface area contributed by atoms with Crippen molar-refractivity contribution in [3.63, 3.8) is 0 Å². The number of benzene rings is 2. The molecule has 0 radical (unpaired) electrons. The topological polar surface area (TPSA) is 46.5 Å². The second-order valence-corrected chi connectivity index (χ2v) is 5.23. The lowest BCUT2D eigenvalue weighted by Gasteiger charge is -2.10. The van der Waals surface area contributed by atoms with Crippen LogP contribution in [0.2, 0.25) is 0 Å². The van der Waals surface area contributed by atoms with Gasteiger partial charge in [-0.25, -0.2) is 4.98 Å². The molecular weight excluding hydrogens is 282 g/mol. The minimum Gasteiger partial charge on any atom is -0.493 e. The highest BCUT2D eigenvalue weighted by atomic mass is 32.1. The first-order valence-electron chi connectivity index (χ1n) is 6.71. The number of anilines is 1. The Balaban J connectivity index is 1.97. The summed E-state index contributed by atoms with van der Waals surface area (Å²) in [6, 6.07) is 12.2. The van der Waals surface area contributed by atoms with E-state index in [1.807, 2.05) is 30.5 Å². The third-order valence-electron chi connectivity index (χ3n) is 3.02. The SMILES string of the molecule is CCOc1ccc2ccccc2c1/C=N\Nc1nccs1. The fourth-order valence-electron chi connectivity index (χ4n) is 2.12. The van der Waals surface area contributed by atoms with Crippen molar-refractivity contribution in [2.75, 3.05) is 12.0 Å². The average Bonchev–Trinajstić information content (AvgIpc) is 3.02. The van der Waals surface area contributed by atoms with E-state index in [1.165, 1.54) is 11.3 Å². The average molecular weight is 297 g/mol. The van der Waals surface area contributed by atoms with Crippen LogP contribution in [-0.2, 0) is 0 Å². The first-order chi connectivity index (χ1) is 10.4. The van der Waals surface area contributed by atoms with E-state index in [9.17, 15) is 0 Å². The Morgan fingerprint density at radius 2 is 2.19 bits per heavy atom. The summed E-state index contributed by atoms with van der Waals surface area (Å²) in [5, 5.41) is 9.22. The summed E-state index contributed by atoms with van der Waals surface area (Å²) in [4.78, 5) is 4.13. The van der Waals surface area contributed by atoms with Crippen LogP contribution in [0, 0.1) is 0 Å². The fraction of sp³-hybridized carbons (Fsp3) is 0.125. The van der Waals surface area contributed by atoms with Crippen molar-refractivity contribution in [2.24, 2.45) is 5.10 Å². The van der Waals surface area contributed by atoms with Gasteiger partial charge >= 0.3 is 0 Å². The standard InChI is InChI=1S/C16H15N3OS/c1-2-20-15-8-7-12-5-3-4-6-13(12)14(15)11-18-19-16-17-9-10-21-16/h3-11H,2H2,1H3,(H,17,19)/b18-11-. The van der Waals surface area contributed by atoms with Gasteiger partial charge in [-0.05, 0) is 23.8 Å². The summed E-state index contributed by atoms with van der Waals surface area (Å²) in [5.41, 5.74) is 3.90. The largest absolute Gasteiger partial charge is 0.493 e. The normalized spacial score (nSPS) is 11.1. The Bertz CT molecular complexity index is 753. The molecule has 0 atom stereocenters. The second-order valence-electron chi connectivity index (χ2n) is 4.34. The van der Waals surface area contributed by atoms with E-state index in [0.29, 0.717) is 6.61 Å². The molecule has 0 amide bonds. The maximum absolute atomic E-state index is 5.70. The Morgan fingerprint density at radius 3 is 3.00 bits per heavy atom. The van der Waals surface area contributed by atoms with Crippen LogP contribution in [0.15, 0.2) is 53.1 Å². The van der Waals surface area contributed by atoms with Gasteiger partial charge in [0.15, 0.2) is 0 Å². The maximum Gasteiger partial charge on any atom is 0.203 e. The van der Waals surface area contributed by atoms with Crippen LogP contribution in [0.3, 0.4) is 0 Å². The first-order valence-corrected chi connectivity index (χ1v) is 7.59. The van der Waals surface area contributed by atoms with Crippen LogP contribution in [0.5, 0.6) is 5.75 Å². The molecule has 2 aromatic carbocycles. The lowest BCUT2D eigenvalue weighted by atomic mass is 10.0. The van der Waals surface area contributed by atoms with Gasteiger partial charge in [0.25, 0.3) is 0 Å². The Morgan fingerprint density at radius 1 is 1.29 bits per heavy atom. The molecule has 3 rings (SSSR count). The molecule has 106 valence electrons. The van der Waals surface area contributed by atoms with E-state index in [1.54, 1.807) is 12.4 Å². The highest BCUT2D eigenvalue weighted by Crippen LogP contribution is 2.26.